The number of benzene rings is 1. The average Bonchev–Trinajstić information content (AvgIpc) is 2.73. The summed E-state index contributed by atoms with van der Waals surface area (Å²) in [5.41, 5.74) is 1.46. The van der Waals surface area contributed by atoms with Gasteiger partial charge in [-0.25, -0.2) is 4.79 Å². The number of carbonyl (C=O) groups excluding carboxylic acids is 1. The minimum absolute atomic E-state index is 0.223. The van der Waals surface area contributed by atoms with Gasteiger partial charge in [-0.2, -0.15) is 5.10 Å². The van der Waals surface area contributed by atoms with Crippen LogP contribution in [0.15, 0.2) is 30.3 Å². The fraction of sp³-hybridized carbons (Fsp3) is 0.286. The molecule has 0 radical (unpaired) electrons. The second-order valence-corrected chi connectivity index (χ2v) is 5.31. The molecule has 0 unspecified atom stereocenters. The van der Waals surface area contributed by atoms with Crippen LogP contribution >= 0.6 is 23.2 Å². The van der Waals surface area contributed by atoms with Crippen molar-refractivity contribution in [3.63, 3.8) is 0 Å². The fourth-order valence-electron chi connectivity index (χ4n) is 1.75. The van der Waals surface area contributed by atoms with Crippen molar-refractivity contribution < 1.29 is 9.53 Å². The van der Waals surface area contributed by atoms with Crippen LogP contribution in [0.1, 0.15) is 11.3 Å². The van der Waals surface area contributed by atoms with Gasteiger partial charge in [0.15, 0.2) is 0 Å². The summed E-state index contributed by atoms with van der Waals surface area (Å²) in [4.78, 5) is 13.3. The molecule has 7 heteroatoms. The average molecular weight is 328 g/mol. The van der Waals surface area contributed by atoms with E-state index in [2.05, 4.69) is 5.10 Å². The third-order valence-electron chi connectivity index (χ3n) is 2.89. The Morgan fingerprint density at radius 3 is 2.57 bits per heavy atom. The van der Waals surface area contributed by atoms with Crippen LogP contribution in [0.4, 0.5) is 4.79 Å². The fourth-order valence-corrected chi connectivity index (χ4v) is 2.12. The summed E-state index contributed by atoms with van der Waals surface area (Å²) in [7, 11) is 3.30. The molecule has 1 heterocycles. The number of aromatic nitrogens is 2. The van der Waals surface area contributed by atoms with Crippen LogP contribution in [-0.4, -0.2) is 27.8 Å². The lowest BCUT2D eigenvalue weighted by molar-refractivity contribution is 0.102. The molecule has 0 aliphatic heterocycles. The highest BCUT2D eigenvalue weighted by Crippen LogP contribution is 2.25. The molecule has 2 rings (SSSR count). The molecule has 1 aromatic carbocycles. The minimum Gasteiger partial charge on any atom is -0.445 e. The second kappa shape index (κ2) is 6.83. The molecule has 0 spiro atoms. The van der Waals surface area contributed by atoms with E-state index in [4.69, 9.17) is 27.9 Å². The van der Waals surface area contributed by atoms with E-state index in [1.807, 2.05) is 30.3 Å². The summed E-state index contributed by atoms with van der Waals surface area (Å²) in [5.74, 6) is 0. The summed E-state index contributed by atoms with van der Waals surface area (Å²) in [6.45, 7) is 0.452. The quantitative estimate of drug-likeness (QED) is 0.863. The molecule has 2 aromatic rings. The maximum absolute atomic E-state index is 11.9. The highest BCUT2D eigenvalue weighted by molar-refractivity contribution is 6.41. The molecule has 0 bridgehead atoms. The van der Waals surface area contributed by atoms with Crippen molar-refractivity contribution in [2.45, 2.75) is 13.2 Å². The van der Waals surface area contributed by atoms with Crippen LogP contribution in [0, 0.1) is 0 Å². The highest BCUT2D eigenvalue weighted by atomic mass is 35.5. The first-order valence-corrected chi connectivity index (χ1v) is 7.03. The van der Waals surface area contributed by atoms with Crippen LogP contribution in [-0.2, 0) is 24.9 Å². The number of halogens is 2. The lowest BCUT2D eigenvalue weighted by Crippen LogP contribution is -2.27. The Bertz CT molecular complexity index is 629. The van der Waals surface area contributed by atoms with Crippen LogP contribution < -0.4 is 0 Å². The van der Waals surface area contributed by atoms with Crippen molar-refractivity contribution in [1.29, 1.82) is 0 Å². The van der Waals surface area contributed by atoms with Gasteiger partial charge in [0.1, 0.15) is 22.5 Å². The molecule has 0 N–H and O–H groups in total. The van der Waals surface area contributed by atoms with Gasteiger partial charge in [0, 0.05) is 14.1 Å². The van der Waals surface area contributed by atoms with Crippen molar-refractivity contribution in [3.05, 3.63) is 51.8 Å². The largest absolute Gasteiger partial charge is 0.445 e. The number of amides is 1. The van der Waals surface area contributed by atoms with Crippen LogP contribution in [0.3, 0.4) is 0 Å². The predicted octanol–water partition coefficient (Wildman–Crippen LogP) is 3.50. The van der Waals surface area contributed by atoms with E-state index in [0.29, 0.717) is 15.9 Å². The van der Waals surface area contributed by atoms with Crippen molar-refractivity contribution in [2.24, 2.45) is 7.05 Å². The Hall–Kier alpha value is -1.72. The third kappa shape index (κ3) is 3.89. The van der Waals surface area contributed by atoms with E-state index < -0.39 is 6.09 Å². The number of ether oxygens (including phenoxy) is 1. The first-order chi connectivity index (χ1) is 9.99. The molecule has 0 fully saturated rings. The number of hydrogen-bond donors (Lipinski definition) is 0. The standard InChI is InChI=1S/C14H15Cl2N3O2/c1-18(8-11-12(15)13(16)19(2)17-11)14(20)21-9-10-6-4-3-5-7-10/h3-7H,8-9H2,1-2H3. The van der Waals surface area contributed by atoms with E-state index >= 15 is 0 Å². The molecule has 0 saturated heterocycles. The van der Waals surface area contributed by atoms with Gasteiger partial charge in [0.25, 0.3) is 0 Å². The van der Waals surface area contributed by atoms with Gasteiger partial charge in [0.05, 0.1) is 6.54 Å². The molecule has 0 saturated carbocycles. The Kier molecular flexibility index (Phi) is 5.09. The lowest BCUT2D eigenvalue weighted by atomic mass is 10.2. The van der Waals surface area contributed by atoms with Gasteiger partial charge in [-0.15, -0.1) is 0 Å². The van der Waals surface area contributed by atoms with Gasteiger partial charge in [-0.05, 0) is 5.56 Å². The SMILES string of the molecule is CN(Cc1nn(C)c(Cl)c1Cl)C(=O)OCc1ccccc1. The molecular formula is C14H15Cl2N3O2. The predicted molar refractivity (Wildman–Crippen MR) is 81.3 cm³/mol. The number of hydrogen-bond acceptors (Lipinski definition) is 3. The van der Waals surface area contributed by atoms with Gasteiger partial charge < -0.3 is 9.64 Å². The zero-order valence-corrected chi connectivity index (χ0v) is 13.2. The first kappa shape index (κ1) is 15.7. The summed E-state index contributed by atoms with van der Waals surface area (Å²) in [5, 5.41) is 4.85. The number of carbonyl (C=O) groups is 1. The van der Waals surface area contributed by atoms with E-state index in [0.717, 1.165) is 5.56 Å². The van der Waals surface area contributed by atoms with E-state index in [1.54, 1.807) is 14.1 Å². The lowest BCUT2D eigenvalue weighted by Gasteiger charge is -2.16. The molecular weight excluding hydrogens is 313 g/mol. The topological polar surface area (TPSA) is 47.4 Å². The number of nitrogens with zero attached hydrogens (tertiary/aromatic N) is 3. The summed E-state index contributed by atoms with van der Waals surface area (Å²) >= 11 is 12.0. The van der Waals surface area contributed by atoms with Crippen molar-refractivity contribution in [3.8, 4) is 0 Å². The maximum Gasteiger partial charge on any atom is 0.410 e. The summed E-state index contributed by atoms with van der Waals surface area (Å²) in [6.07, 6.45) is -0.448. The van der Waals surface area contributed by atoms with Crippen molar-refractivity contribution >= 4 is 29.3 Å². The first-order valence-electron chi connectivity index (χ1n) is 6.27. The summed E-state index contributed by atoms with van der Waals surface area (Å²) < 4.78 is 6.68. The molecule has 112 valence electrons. The van der Waals surface area contributed by atoms with Crippen LogP contribution in [0.2, 0.25) is 10.2 Å². The van der Waals surface area contributed by atoms with Gasteiger partial charge in [-0.3, -0.25) is 4.68 Å². The third-order valence-corrected chi connectivity index (χ3v) is 3.82. The zero-order chi connectivity index (χ0) is 15.4. The zero-order valence-electron chi connectivity index (χ0n) is 11.7. The molecule has 0 atom stereocenters. The molecule has 1 aromatic heterocycles. The van der Waals surface area contributed by atoms with Crippen molar-refractivity contribution in [2.75, 3.05) is 7.05 Å². The van der Waals surface area contributed by atoms with Gasteiger partial charge >= 0.3 is 6.09 Å². The van der Waals surface area contributed by atoms with Gasteiger partial charge in [-0.1, -0.05) is 53.5 Å². The highest BCUT2D eigenvalue weighted by Gasteiger charge is 2.17. The Morgan fingerprint density at radius 2 is 2.00 bits per heavy atom. The molecule has 1 amide bonds. The monoisotopic (exact) mass is 327 g/mol. The van der Waals surface area contributed by atoms with Gasteiger partial charge in [0.2, 0.25) is 0 Å². The smallest absolute Gasteiger partial charge is 0.410 e. The minimum atomic E-state index is -0.448. The Labute approximate surface area is 133 Å². The maximum atomic E-state index is 11.9. The molecule has 0 aliphatic rings. The van der Waals surface area contributed by atoms with E-state index in [1.165, 1.54) is 9.58 Å². The van der Waals surface area contributed by atoms with Crippen LogP contribution in [0.25, 0.3) is 0 Å². The molecule has 0 aliphatic carbocycles. The molecule has 5 nitrogen and oxygen atoms in total. The normalized spacial score (nSPS) is 10.5. The van der Waals surface area contributed by atoms with E-state index in [9.17, 15) is 4.79 Å². The Balaban J connectivity index is 1.92. The van der Waals surface area contributed by atoms with Crippen molar-refractivity contribution in [1.82, 2.24) is 14.7 Å². The second-order valence-electron chi connectivity index (χ2n) is 4.57. The Morgan fingerprint density at radius 1 is 1.33 bits per heavy atom. The van der Waals surface area contributed by atoms with Crippen LogP contribution in [0.5, 0.6) is 0 Å². The van der Waals surface area contributed by atoms with E-state index in [-0.39, 0.29) is 13.2 Å². The number of aryl methyl sites for hydroxylation is 1. The summed E-state index contributed by atoms with van der Waals surface area (Å²) in [6, 6.07) is 9.47. The molecule has 21 heavy (non-hydrogen) atoms. The number of rotatable bonds is 4.